The molecule has 0 bridgehead atoms. The topological polar surface area (TPSA) is 117 Å². The molecule has 0 saturated carbocycles. The number of hydrogen-bond donors (Lipinski definition) is 1. The van der Waals surface area contributed by atoms with Gasteiger partial charge in [0.1, 0.15) is 40.6 Å². The Kier molecular flexibility index (Phi) is 6.68. The van der Waals surface area contributed by atoms with Gasteiger partial charge in [-0.15, -0.1) is 0 Å². The summed E-state index contributed by atoms with van der Waals surface area (Å²) < 4.78 is 22.5. The second kappa shape index (κ2) is 10.6. The van der Waals surface area contributed by atoms with E-state index in [4.69, 9.17) is 9.72 Å². The zero-order valence-electron chi connectivity index (χ0n) is 22.2. The molecule has 0 fully saturated rings. The number of nitrogens with one attached hydrogen (secondary N) is 1. The number of pyridine rings is 2. The molecule has 11 heteroatoms. The van der Waals surface area contributed by atoms with Gasteiger partial charge in [0, 0.05) is 25.0 Å². The second-order valence-corrected chi connectivity index (χ2v) is 9.43. The molecule has 0 aliphatic rings. The Labute approximate surface area is 232 Å². The molecule has 1 unspecified atom stereocenters. The average Bonchev–Trinajstić information content (AvgIpc) is 2.99. The lowest BCUT2D eigenvalue weighted by Crippen LogP contribution is -2.28. The first-order valence-electron chi connectivity index (χ1n) is 12.8. The van der Waals surface area contributed by atoms with Crippen molar-refractivity contribution in [3.05, 3.63) is 123 Å². The van der Waals surface area contributed by atoms with E-state index < -0.39 is 17.4 Å². The lowest BCUT2D eigenvalue weighted by Gasteiger charge is -2.20. The molecule has 0 radical (unpaired) electrons. The van der Waals surface area contributed by atoms with Crippen LogP contribution in [0.15, 0.2) is 95.2 Å². The summed E-state index contributed by atoms with van der Waals surface area (Å²) in [6, 6.07) is 15.8. The molecule has 6 aromatic rings. The molecule has 0 aliphatic carbocycles. The highest BCUT2D eigenvalue weighted by Crippen LogP contribution is 2.24. The zero-order valence-corrected chi connectivity index (χ0v) is 22.2. The molecule has 4 aromatic heterocycles. The van der Waals surface area contributed by atoms with Gasteiger partial charge in [-0.2, -0.15) is 0 Å². The van der Waals surface area contributed by atoms with Crippen LogP contribution in [0.25, 0.3) is 27.6 Å². The summed E-state index contributed by atoms with van der Waals surface area (Å²) in [4.78, 5) is 44.3. The van der Waals surface area contributed by atoms with Crippen molar-refractivity contribution in [1.82, 2.24) is 29.1 Å². The normalized spacial score (nSPS) is 12.0. The Morgan fingerprint density at radius 1 is 1.05 bits per heavy atom. The van der Waals surface area contributed by atoms with Gasteiger partial charge in [-0.3, -0.25) is 19.1 Å². The van der Waals surface area contributed by atoms with Crippen molar-refractivity contribution in [2.45, 2.75) is 19.5 Å². The van der Waals surface area contributed by atoms with E-state index in [9.17, 15) is 14.0 Å². The van der Waals surface area contributed by atoms with Crippen LogP contribution in [-0.2, 0) is 6.54 Å². The average molecular weight is 550 g/mol. The van der Waals surface area contributed by atoms with E-state index in [1.807, 2.05) is 28.8 Å². The van der Waals surface area contributed by atoms with Gasteiger partial charge in [0.05, 0.1) is 35.9 Å². The minimum atomic E-state index is -0.606. The lowest BCUT2D eigenvalue weighted by molar-refractivity contribution is 0.414. The van der Waals surface area contributed by atoms with Gasteiger partial charge in [-0.1, -0.05) is 12.1 Å². The predicted molar refractivity (Wildman–Crippen MR) is 153 cm³/mol. The van der Waals surface area contributed by atoms with Gasteiger partial charge >= 0.3 is 0 Å². The molecule has 204 valence electrons. The summed E-state index contributed by atoms with van der Waals surface area (Å²) in [5, 5.41) is 3.70. The molecule has 6 rings (SSSR count). The third-order valence-electron chi connectivity index (χ3n) is 6.76. The third-order valence-corrected chi connectivity index (χ3v) is 6.76. The van der Waals surface area contributed by atoms with E-state index in [1.165, 1.54) is 41.4 Å². The molecule has 1 atom stereocenters. The Hall–Kier alpha value is -5.45. The van der Waals surface area contributed by atoms with Crippen LogP contribution in [0.5, 0.6) is 5.75 Å². The Morgan fingerprint density at radius 2 is 1.88 bits per heavy atom. The van der Waals surface area contributed by atoms with E-state index >= 15 is 0 Å². The molecular formula is C30H24FN7O3. The lowest BCUT2D eigenvalue weighted by atomic mass is 10.2. The SMILES string of the molecule is COc1ccc(Cn2ccc(=O)c3c(NC(C)c4nc5ccc(F)cc5c(=O)n4-c4cccnc4)ncnc32)cc1. The third kappa shape index (κ3) is 4.89. The van der Waals surface area contributed by atoms with E-state index in [1.54, 1.807) is 38.6 Å². The van der Waals surface area contributed by atoms with Gasteiger partial charge in [0.25, 0.3) is 5.56 Å². The summed E-state index contributed by atoms with van der Waals surface area (Å²) >= 11 is 0. The first-order chi connectivity index (χ1) is 19.9. The van der Waals surface area contributed by atoms with Crippen molar-refractivity contribution in [1.29, 1.82) is 0 Å². The van der Waals surface area contributed by atoms with Crippen LogP contribution in [0.2, 0.25) is 0 Å². The highest BCUT2D eigenvalue weighted by molar-refractivity contribution is 5.86. The number of benzene rings is 2. The molecule has 0 aliphatic heterocycles. The first kappa shape index (κ1) is 25.8. The molecule has 0 saturated heterocycles. The van der Waals surface area contributed by atoms with Crippen LogP contribution >= 0.6 is 0 Å². The van der Waals surface area contributed by atoms with Crippen molar-refractivity contribution in [3.63, 3.8) is 0 Å². The Balaban J connectivity index is 1.44. The molecule has 41 heavy (non-hydrogen) atoms. The molecule has 10 nitrogen and oxygen atoms in total. The van der Waals surface area contributed by atoms with Crippen LogP contribution in [0.3, 0.4) is 0 Å². The Morgan fingerprint density at radius 3 is 2.63 bits per heavy atom. The molecule has 0 spiro atoms. The summed E-state index contributed by atoms with van der Waals surface area (Å²) in [5.41, 5.74) is 1.55. The molecule has 0 amide bonds. The fourth-order valence-electron chi connectivity index (χ4n) is 4.77. The fourth-order valence-corrected chi connectivity index (χ4v) is 4.77. The van der Waals surface area contributed by atoms with Crippen LogP contribution < -0.4 is 21.0 Å². The number of aromatic nitrogens is 6. The van der Waals surface area contributed by atoms with Gasteiger partial charge < -0.3 is 14.6 Å². The monoisotopic (exact) mass is 549 g/mol. The first-order valence-corrected chi connectivity index (χ1v) is 12.8. The maximum Gasteiger partial charge on any atom is 0.266 e. The van der Waals surface area contributed by atoms with E-state index in [0.717, 1.165) is 11.3 Å². The van der Waals surface area contributed by atoms with E-state index in [0.29, 0.717) is 40.4 Å². The minimum Gasteiger partial charge on any atom is -0.497 e. The molecule has 2 aromatic carbocycles. The zero-order chi connectivity index (χ0) is 28.5. The summed E-state index contributed by atoms with van der Waals surface area (Å²) in [6.45, 7) is 2.27. The van der Waals surface area contributed by atoms with Crippen LogP contribution in [-0.4, -0.2) is 36.2 Å². The predicted octanol–water partition coefficient (Wildman–Crippen LogP) is 4.25. The number of halogens is 1. The highest BCUT2D eigenvalue weighted by Gasteiger charge is 2.21. The number of fused-ring (bicyclic) bond motifs is 2. The second-order valence-electron chi connectivity index (χ2n) is 9.43. The summed E-state index contributed by atoms with van der Waals surface area (Å²) in [6.07, 6.45) is 6.20. The van der Waals surface area contributed by atoms with Crippen molar-refractivity contribution in [2.24, 2.45) is 0 Å². The number of ether oxygens (including phenoxy) is 1. The van der Waals surface area contributed by atoms with Crippen molar-refractivity contribution in [3.8, 4) is 11.4 Å². The van der Waals surface area contributed by atoms with Crippen LogP contribution in [0.4, 0.5) is 10.2 Å². The summed E-state index contributed by atoms with van der Waals surface area (Å²) in [7, 11) is 1.61. The number of nitrogens with zero attached hydrogens (tertiary/aromatic N) is 6. The number of rotatable bonds is 7. The highest BCUT2D eigenvalue weighted by atomic mass is 19.1. The Bertz CT molecular complexity index is 2010. The molecule has 1 N–H and O–H groups in total. The van der Waals surface area contributed by atoms with Crippen molar-refractivity contribution in [2.75, 3.05) is 12.4 Å². The van der Waals surface area contributed by atoms with Crippen LogP contribution in [0.1, 0.15) is 24.4 Å². The van der Waals surface area contributed by atoms with Gasteiger partial charge in [0.15, 0.2) is 5.43 Å². The fraction of sp³-hybridized carbons (Fsp3) is 0.133. The smallest absolute Gasteiger partial charge is 0.266 e. The number of methoxy groups -OCH3 is 1. The minimum absolute atomic E-state index is 0.138. The number of anilines is 1. The maximum absolute atomic E-state index is 14.0. The standard InChI is InChI=1S/C30H24FN7O3/c1-18(28-36-24-10-7-20(31)14-23(24)30(40)38(28)21-4-3-12-32-15-21)35-27-26-25(39)11-13-37(29(26)34-17-33-27)16-19-5-8-22(41-2)9-6-19/h3-15,17-18H,16H2,1-2H3,(H,33,34,35). The van der Waals surface area contributed by atoms with Crippen LogP contribution in [0, 0.1) is 5.82 Å². The maximum atomic E-state index is 14.0. The summed E-state index contributed by atoms with van der Waals surface area (Å²) in [5.74, 6) is 0.844. The molecular weight excluding hydrogens is 525 g/mol. The van der Waals surface area contributed by atoms with Crippen molar-refractivity contribution >= 4 is 27.8 Å². The van der Waals surface area contributed by atoms with Gasteiger partial charge in [-0.25, -0.2) is 19.3 Å². The quantitative estimate of drug-likeness (QED) is 0.314. The van der Waals surface area contributed by atoms with Gasteiger partial charge in [-0.05, 0) is 55.0 Å². The number of hydrogen-bond acceptors (Lipinski definition) is 8. The molecule has 4 heterocycles. The van der Waals surface area contributed by atoms with E-state index in [-0.39, 0.29) is 10.8 Å². The van der Waals surface area contributed by atoms with E-state index in [2.05, 4.69) is 20.3 Å². The van der Waals surface area contributed by atoms with Crippen molar-refractivity contribution < 1.29 is 9.13 Å². The van der Waals surface area contributed by atoms with Gasteiger partial charge in [0.2, 0.25) is 0 Å². The largest absolute Gasteiger partial charge is 0.497 e.